The summed E-state index contributed by atoms with van der Waals surface area (Å²) in [4.78, 5) is 18.6. The number of nitrogens with zero attached hydrogens (tertiary/aromatic N) is 6. The monoisotopic (exact) mass is 391 g/mol. The second-order valence-corrected chi connectivity index (χ2v) is 7.51. The van der Waals surface area contributed by atoms with Crippen molar-refractivity contribution < 1.29 is 0 Å². The molecule has 3 heterocycles. The minimum Gasteiger partial charge on any atom is -0.341 e. The number of hydrogen-bond acceptors (Lipinski definition) is 7. The Morgan fingerprint density at radius 1 is 0.759 bits per heavy atom. The summed E-state index contributed by atoms with van der Waals surface area (Å²) in [6.07, 6.45) is 13.0. The smallest absolute Gasteiger partial charge is 0.250 e. The van der Waals surface area contributed by atoms with E-state index in [9.17, 15) is 0 Å². The summed E-state index contributed by atoms with van der Waals surface area (Å²) in [5.74, 6) is 2.03. The van der Waals surface area contributed by atoms with Crippen molar-refractivity contribution in [2.75, 3.05) is 41.4 Å². The highest BCUT2D eigenvalue weighted by atomic mass is 15.4. The van der Waals surface area contributed by atoms with Gasteiger partial charge in [-0.05, 0) is 50.2 Å². The average molecular weight is 392 g/mol. The van der Waals surface area contributed by atoms with Crippen LogP contribution in [-0.4, -0.2) is 47.3 Å². The van der Waals surface area contributed by atoms with E-state index in [-0.39, 0.29) is 0 Å². The Balaban J connectivity index is 1.48. The van der Waals surface area contributed by atoms with Gasteiger partial charge in [0, 0.05) is 32.4 Å². The quantitative estimate of drug-likeness (QED) is 0.594. The van der Waals surface area contributed by atoms with Gasteiger partial charge in [-0.25, -0.2) is 5.43 Å². The lowest BCUT2D eigenvalue weighted by Crippen LogP contribution is -2.34. The predicted molar refractivity (Wildman–Crippen MR) is 120 cm³/mol. The van der Waals surface area contributed by atoms with Gasteiger partial charge in [-0.2, -0.15) is 20.1 Å². The van der Waals surface area contributed by atoms with Crippen molar-refractivity contribution in [3.8, 4) is 0 Å². The summed E-state index contributed by atoms with van der Waals surface area (Å²) in [6.45, 7) is 4.02. The van der Waals surface area contributed by atoms with Gasteiger partial charge in [0.25, 0.3) is 0 Å². The van der Waals surface area contributed by atoms with Gasteiger partial charge in [0.15, 0.2) is 0 Å². The number of nitrogens with one attached hydrogen (secondary N) is 1. The van der Waals surface area contributed by atoms with E-state index in [4.69, 9.17) is 4.98 Å². The molecule has 2 aliphatic rings. The van der Waals surface area contributed by atoms with Gasteiger partial charge in [0.2, 0.25) is 17.8 Å². The van der Waals surface area contributed by atoms with E-state index in [1.54, 1.807) is 6.21 Å². The summed E-state index contributed by atoms with van der Waals surface area (Å²) in [7, 11) is 0. The number of anilines is 3. The summed E-state index contributed by atoms with van der Waals surface area (Å²) in [5.41, 5.74) is 4.13. The molecule has 7 heteroatoms. The number of hydrazone groups is 1. The molecular weight excluding hydrogens is 362 g/mol. The molecule has 29 heavy (non-hydrogen) atoms. The van der Waals surface area contributed by atoms with Gasteiger partial charge in [0.1, 0.15) is 0 Å². The van der Waals surface area contributed by atoms with E-state index in [1.165, 1.54) is 38.5 Å². The fraction of sp³-hybridized carbons (Fsp3) is 0.455. The number of aromatic nitrogens is 3. The molecule has 2 aromatic rings. The molecule has 0 saturated carbocycles. The van der Waals surface area contributed by atoms with Gasteiger partial charge in [0.05, 0.1) is 0 Å². The standard InChI is InChI=1S/C22H29N7/c1-4-11-19(12-5-1)13-10-14-23-27-20-24-21(28-15-6-2-7-16-28)26-22(25-20)29-17-8-3-9-18-29/h1,4-5,10-14H,2-3,6-9,15-18H2,(H,24,25,26,27)/b13-10+,23-14-. The van der Waals surface area contributed by atoms with Crippen LogP contribution in [0.5, 0.6) is 0 Å². The average Bonchev–Trinajstić information content (AvgIpc) is 2.80. The van der Waals surface area contributed by atoms with E-state index in [0.717, 1.165) is 43.6 Å². The van der Waals surface area contributed by atoms with Crippen LogP contribution in [0.2, 0.25) is 0 Å². The van der Waals surface area contributed by atoms with Crippen LogP contribution in [0.25, 0.3) is 6.08 Å². The molecule has 0 bridgehead atoms. The Morgan fingerprint density at radius 2 is 1.34 bits per heavy atom. The highest BCUT2D eigenvalue weighted by Gasteiger charge is 2.20. The number of rotatable bonds is 6. The van der Waals surface area contributed by atoms with Crippen molar-refractivity contribution in [2.24, 2.45) is 5.10 Å². The molecule has 0 aliphatic carbocycles. The maximum absolute atomic E-state index is 4.79. The largest absolute Gasteiger partial charge is 0.341 e. The van der Waals surface area contributed by atoms with Gasteiger partial charge >= 0.3 is 0 Å². The molecule has 2 aliphatic heterocycles. The maximum atomic E-state index is 4.79. The zero-order chi connectivity index (χ0) is 19.7. The fourth-order valence-corrected chi connectivity index (χ4v) is 3.73. The van der Waals surface area contributed by atoms with Crippen molar-refractivity contribution in [2.45, 2.75) is 38.5 Å². The predicted octanol–water partition coefficient (Wildman–Crippen LogP) is 3.96. The molecule has 7 nitrogen and oxygen atoms in total. The van der Waals surface area contributed by atoms with Gasteiger partial charge in [-0.15, -0.1) is 0 Å². The lowest BCUT2D eigenvalue weighted by atomic mass is 10.1. The minimum atomic E-state index is 0.505. The summed E-state index contributed by atoms with van der Waals surface area (Å²) >= 11 is 0. The Hall–Kier alpha value is -2.96. The van der Waals surface area contributed by atoms with Crippen LogP contribution in [0, 0.1) is 0 Å². The normalized spacial score (nSPS) is 17.9. The Morgan fingerprint density at radius 3 is 1.93 bits per heavy atom. The fourth-order valence-electron chi connectivity index (χ4n) is 3.73. The highest BCUT2D eigenvalue weighted by molar-refractivity contribution is 5.78. The summed E-state index contributed by atoms with van der Waals surface area (Å²) in [6, 6.07) is 10.2. The van der Waals surface area contributed by atoms with Gasteiger partial charge < -0.3 is 9.80 Å². The Labute approximate surface area is 172 Å². The van der Waals surface area contributed by atoms with Crippen LogP contribution in [0.15, 0.2) is 41.5 Å². The second-order valence-electron chi connectivity index (χ2n) is 7.51. The van der Waals surface area contributed by atoms with Crippen molar-refractivity contribution >= 4 is 30.1 Å². The van der Waals surface area contributed by atoms with Crippen LogP contribution in [-0.2, 0) is 0 Å². The molecule has 2 saturated heterocycles. The van der Waals surface area contributed by atoms with Crippen LogP contribution in [0.3, 0.4) is 0 Å². The topological polar surface area (TPSA) is 69.5 Å². The molecule has 0 radical (unpaired) electrons. The first-order valence-electron chi connectivity index (χ1n) is 10.7. The first-order valence-corrected chi connectivity index (χ1v) is 10.7. The van der Waals surface area contributed by atoms with Crippen LogP contribution < -0.4 is 15.2 Å². The van der Waals surface area contributed by atoms with Crippen molar-refractivity contribution in [1.29, 1.82) is 0 Å². The molecule has 4 rings (SSSR count). The van der Waals surface area contributed by atoms with E-state index >= 15 is 0 Å². The Bertz CT molecular complexity index is 786. The van der Waals surface area contributed by atoms with Gasteiger partial charge in [-0.3, -0.25) is 0 Å². The summed E-state index contributed by atoms with van der Waals surface area (Å²) < 4.78 is 0. The van der Waals surface area contributed by atoms with E-state index in [1.807, 2.05) is 30.4 Å². The zero-order valence-corrected chi connectivity index (χ0v) is 16.9. The number of benzene rings is 1. The highest BCUT2D eigenvalue weighted by Crippen LogP contribution is 2.22. The molecule has 1 aromatic heterocycles. The van der Waals surface area contributed by atoms with E-state index in [0.29, 0.717) is 5.95 Å². The number of allylic oxidation sites excluding steroid dienone is 1. The number of hydrogen-bond donors (Lipinski definition) is 1. The van der Waals surface area contributed by atoms with Crippen molar-refractivity contribution in [1.82, 2.24) is 15.0 Å². The van der Waals surface area contributed by atoms with Gasteiger partial charge in [-0.1, -0.05) is 36.4 Å². The second kappa shape index (κ2) is 10.0. The molecule has 152 valence electrons. The molecular formula is C22H29N7. The lowest BCUT2D eigenvalue weighted by Gasteiger charge is -2.30. The summed E-state index contributed by atoms with van der Waals surface area (Å²) in [5, 5.41) is 4.28. The van der Waals surface area contributed by atoms with Crippen molar-refractivity contribution in [3.05, 3.63) is 42.0 Å². The SMILES string of the molecule is C(/C=C/c1ccccc1)=N/Nc1nc(N2CCCCC2)nc(N2CCCCC2)n1. The Kier molecular flexibility index (Phi) is 6.68. The third kappa shape index (κ3) is 5.53. The molecule has 0 atom stereocenters. The third-order valence-electron chi connectivity index (χ3n) is 5.30. The third-order valence-corrected chi connectivity index (χ3v) is 5.30. The molecule has 0 amide bonds. The van der Waals surface area contributed by atoms with Crippen LogP contribution in [0.1, 0.15) is 44.1 Å². The lowest BCUT2D eigenvalue weighted by molar-refractivity contribution is 0.556. The molecule has 1 aromatic carbocycles. The van der Waals surface area contributed by atoms with E-state index < -0.39 is 0 Å². The molecule has 1 N–H and O–H groups in total. The number of piperidine rings is 2. The first-order chi connectivity index (χ1) is 14.4. The molecule has 0 unspecified atom stereocenters. The van der Waals surface area contributed by atoms with Crippen molar-refractivity contribution in [3.63, 3.8) is 0 Å². The minimum absolute atomic E-state index is 0.505. The van der Waals surface area contributed by atoms with E-state index in [2.05, 4.69) is 42.4 Å². The maximum Gasteiger partial charge on any atom is 0.250 e. The van der Waals surface area contributed by atoms with Crippen LogP contribution in [0.4, 0.5) is 17.8 Å². The first kappa shape index (κ1) is 19.4. The molecule has 0 spiro atoms. The van der Waals surface area contributed by atoms with Crippen LogP contribution >= 0.6 is 0 Å². The zero-order valence-electron chi connectivity index (χ0n) is 16.9. The molecule has 2 fully saturated rings.